The van der Waals surface area contributed by atoms with Crippen LogP contribution >= 0.6 is 0 Å². The lowest BCUT2D eigenvalue weighted by molar-refractivity contribution is -0.384. The summed E-state index contributed by atoms with van der Waals surface area (Å²) in [7, 11) is 1.63. The Morgan fingerprint density at radius 2 is 2.26 bits per heavy atom. The van der Waals surface area contributed by atoms with E-state index in [-0.39, 0.29) is 24.7 Å². The number of anilines is 2. The summed E-state index contributed by atoms with van der Waals surface area (Å²) in [5.41, 5.74) is -0.187. The van der Waals surface area contributed by atoms with E-state index in [1.54, 1.807) is 7.05 Å². The van der Waals surface area contributed by atoms with Gasteiger partial charge in [0, 0.05) is 19.7 Å². The summed E-state index contributed by atoms with van der Waals surface area (Å²) in [6.07, 6.45) is -2.53. The van der Waals surface area contributed by atoms with Crippen molar-refractivity contribution in [3.8, 4) is 0 Å². The predicted octanol–water partition coefficient (Wildman–Crippen LogP) is 1.73. The highest BCUT2D eigenvalue weighted by molar-refractivity contribution is 5.60. The summed E-state index contributed by atoms with van der Waals surface area (Å²) in [4.78, 5) is 14.2. The van der Waals surface area contributed by atoms with Crippen molar-refractivity contribution in [3.63, 3.8) is 0 Å². The lowest BCUT2D eigenvalue weighted by Gasteiger charge is -2.08. The lowest BCUT2D eigenvalue weighted by atomic mass is 10.3. The number of nitrogens with one attached hydrogen (secondary N) is 2. The number of pyridine rings is 1. The first-order valence-corrected chi connectivity index (χ1v) is 5.47. The Morgan fingerprint density at radius 1 is 1.53 bits per heavy atom. The number of aromatic nitrogens is 1. The molecular formula is C10H14F2N4O3. The van der Waals surface area contributed by atoms with Gasteiger partial charge in [0.05, 0.1) is 11.5 Å². The van der Waals surface area contributed by atoms with Crippen LogP contribution in [-0.2, 0) is 4.74 Å². The van der Waals surface area contributed by atoms with Crippen LogP contribution in [0.5, 0.6) is 0 Å². The third-order valence-corrected chi connectivity index (χ3v) is 2.11. The number of hydrogen-bond donors (Lipinski definition) is 2. The predicted molar refractivity (Wildman–Crippen MR) is 65.8 cm³/mol. The molecule has 1 aromatic heterocycles. The number of halogens is 2. The maximum Gasteiger partial charge on any atom is 0.311 e. The molecule has 0 saturated carbocycles. The standard InChI is InChI=1S/C10H14F2N4O3/c1-13-9-3-2-7(16(17)18)10(15-9)14-4-5-19-6-8(11)12/h2-3,8H,4-6H2,1H3,(H2,13,14,15). The first-order chi connectivity index (χ1) is 9.04. The number of rotatable bonds is 8. The number of nitrogens with zero attached hydrogens (tertiary/aromatic N) is 2. The van der Waals surface area contributed by atoms with Crippen LogP contribution in [-0.4, -0.2) is 43.1 Å². The molecule has 0 unspecified atom stereocenters. The van der Waals surface area contributed by atoms with Gasteiger partial charge in [0.15, 0.2) is 0 Å². The van der Waals surface area contributed by atoms with Crippen molar-refractivity contribution >= 4 is 17.3 Å². The van der Waals surface area contributed by atoms with Crippen molar-refractivity contribution in [1.29, 1.82) is 0 Å². The second-order valence-electron chi connectivity index (χ2n) is 3.46. The van der Waals surface area contributed by atoms with Crippen molar-refractivity contribution in [2.75, 3.05) is 37.4 Å². The number of alkyl halides is 2. The van der Waals surface area contributed by atoms with Crippen LogP contribution in [0, 0.1) is 10.1 Å². The van der Waals surface area contributed by atoms with Gasteiger partial charge in [0.1, 0.15) is 12.4 Å². The second kappa shape index (κ2) is 7.41. The van der Waals surface area contributed by atoms with Gasteiger partial charge in [-0.2, -0.15) is 0 Å². The van der Waals surface area contributed by atoms with E-state index in [1.165, 1.54) is 12.1 Å². The van der Waals surface area contributed by atoms with E-state index in [0.29, 0.717) is 5.82 Å². The normalized spacial score (nSPS) is 10.5. The summed E-state index contributed by atoms with van der Waals surface area (Å²) >= 11 is 0. The molecule has 0 amide bonds. The first kappa shape index (κ1) is 15.0. The van der Waals surface area contributed by atoms with Gasteiger partial charge in [0.2, 0.25) is 5.82 Å². The highest BCUT2D eigenvalue weighted by Gasteiger charge is 2.15. The van der Waals surface area contributed by atoms with Gasteiger partial charge in [-0.05, 0) is 6.07 Å². The largest absolute Gasteiger partial charge is 0.374 e. The maximum atomic E-state index is 11.8. The van der Waals surface area contributed by atoms with Crippen LogP contribution in [0.3, 0.4) is 0 Å². The van der Waals surface area contributed by atoms with Crippen molar-refractivity contribution in [2.45, 2.75) is 6.43 Å². The lowest BCUT2D eigenvalue weighted by Crippen LogP contribution is -2.14. The van der Waals surface area contributed by atoms with E-state index in [2.05, 4.69) is 20.4 Å². The van der Waals surface area contributed by atoms with Gasteiger partial charge in [0.25, 0.3) is 6.43 Å². The fourth-order valence-corrected chi connectivity index (χ4v) is 1.28. The summed E-state index contributed by atoms with van der Waals surface area (Å²) in [5, 5.41) is 16.2. The van der Waals surface area contributed by atoms with Gasteiger partial charge in [-0.25, -0.2) is 13.8 Å². The Kier molecular flexibility index (Phi) is 5.86. The number of ether oxygens (including phenoxy) is 1. The first-order valence-electron chi connectivity index (χ1n) is 5.47. The molecule has 0 atom stereocenters. The van der Waals surface area contributed by atoms with Crippen LogP contribution in [0.1, 0.15) is 0 Å². The van der Waals surface area contributed by atoms with E-state index in [1.807, 2.05) is 0 Å². The van der Waals surface area contributed by atoms with Crippen LogP contribution in [0.25, 0.3) is 0 Å². The highest BCUT2D eigenvalue weighted by atomic mass is 19.3. The Balaban J connectivity index is 2.57. The van der Waals surface area contributed by atoms with Crippen LogP contribution in [0.2, 0.25) is 0 Å². The minimum absolute atomic E-state index is 0.00690. The van der Waals surface area contributed by atoms with Crippen molar-refractivity contribution < 1.29 is 18.4 Å². The topological polar surface area (TPSA) is 89.3 Å². The number of hydrogen-bond acceptors (Lipinski definition) is 6. The molecule has 2 N–H and O–H groups in total. The van der Waals surface area contributed by atoms with Gasteiger partial charge in [-0.3, -0.25) is 10.1 Å². The molecule has 0 spiro atoms. The fraction of sp³-hybridized carbons (Fsp3) is 0.500. The van der Waals surface area contributed by atoms with Crippen molar-refractivity contribution in [2.24, 2.45) is 0 Å². The van der Waals surface area contributed by atoms with Gasteiger partial charge >= 0.3 is 5.69 Å². The summed E-state index contributed by atoms with van der Waals surface area (Å²) in [6.45, 7) is -0.506. The molecule has 1 aromatic rings. The van der Waals surface area contributed by atoms with E-state index < -0.39 is 18.0 Å². The van der Waals surface area contributed by atoms with E-state index in [4.69, 9.17) is 0 Å². The number of nitro groups is 1. The van der Waals surface area contributed by atoms with Gasteiger partial charge in [-0.15, -0.1) is 0 Å². The third-order valence-electron chi connectivity index (χ3n) is 2.11. The fourth-order valence-electron chi connectivity index (χ4n) is 1.28. The summed E-state index contributed by atoms with van der Waals surface area (Å²) in [6, 6.07) is 2.78. The average Bonchev–Trinajstić information content (AvgIpc) is 2.37. The minimum Gasteiger partial charge on any atom is -0.374 e. The zero-order valence-electron chi connectivity index (χ0n) is 10.2. The molecule has 9 heteroatoms. The molecule has 0 aliphatic carbocycles. The monoisotopic (exact) mass is 276 g/mol. The van der Waals surface area contributed by atoms with E-state index in [9.17, 15) is 18.9 Å². The SMILES string of the molecule is CNc1ccc([N+](=O)[O-])c(NCCOCC(F)F)n1. The molecule has 1 rings (SSSR count). The second-order valence-corrected chi connectivity index (χ2v) is 3.46. The van der Waals surface area contributed by atoms with E-state index in [0.717, 1.165) is 0 Å². The van der Waals surface area contributed by atoms with Gasteiger partial charge in [-0.1, -0.05) is 0 Å². The van der Waals surface area contributed by atoms with Crippen molar-refractivity contribution in [3.05, 3.63) is 22.2 Å². The van der Waals surface area contributed by atoms with Gasteiger partial charge < -0.3 is 15.4 Å². The Hall–Kier alpha value is -2.03. The Morgan fingerprint density at radius 3 is 2.84 bits per heavy atom. The summed E-state index contributed by atoms with van der Waals surface area (Å²) < 4.78 is 28.2. The molecule has 0 saturated heterocycles. The average molecular weight is 276 g/mol. The van der Waals surface area contributed by atoms with Crippen molar-refractivity contribution in [1.82, 2.24) is 4.98 Å². The molecule has 0 aliphatic heterocycles. The van der Waals surface area contributed by atoms with Crippen LogP contribution in [0.4, 0.5) is 26.1 Å². The molecule has 0 bridgehead atoms. The molecule has 7 nitrogen and oxygen atoms in total. The highest BCUT2D eigenvalue weighted by Crippen LogP contribution is 2.23. The molecule has 0 fully saturated rings. The Bertz CT molecular complexity index is 431. The molecule has 0 aromatic carbocycles. The maximum absolute atomic E-state index is 11.8. The molecule has 106 valence electrons. The quantitative estimate of drug-likeness (QED) is 0.427. The van der Waals surface area contributed by atoms with E-state index >= 15 is 0 Å². The molecule has 1 heterocycles. The zero-order chi connectivity index (χ0) is 14.3. The zero-order valence-corrected chi connectivity index (χ0v) is 10.2. The molecule has 19 heavy (non-hydrogen) atoms. The molecule has 0 radical (unpaired) electrons. The molecule has 0 aliphatic rings. The molecular weight excluding hydrogens is 262 g/mol. The van der Waals surface area contributed by atoms with Crippen LogP contribution < -0.4 is 10.6 Å². The summed E-state index contributed by atoms with van der Waals surface area (Å²) in [5.74, 6) is 0.527. The third kappa shape index (κ3) is 5.00. The Labute approximate surface area is 108 Å². The minimum atomic E-state index is -2.53. The van der Waals surface area contributed by atoms with Crippen LogP contribution in [0.15, 0.2) is 12.1 Å². The smallest absolute Gasteiger partial charge is 0.311 e.